The molecule has 0 atom stereocenters. The summed E-state index contributed by atoms with van der Waals surface area (Å²) in [5.74, 6) is 0. The molecule has 0 unspecified atom stereocenters. The molecule has 0 heterocycles. The average Bonchev–Trinajstić information content (AvgIpc) is 1.84. The van der Waals surface area contributed by atoms with Gasteiger partial charge in [0.25, 0.3) is 0 Å². The van der Waals surface area contributed by atoms with Crippen LogP contribution in [0.15, 0.2) is 12.7 Å². The SMILES string of the molecule is C=CCCC(C)(C)CC. The standard InChI is InChI=1S/C9H18/c1-5-7-8-9(3,4)6-2/h5H,1,6-8H2,2-4H3. The number of rotatable bonds is 4. The molecular formula is C9H18. The summed E-state index contributed by atoms with van der Waals surface area (Å²) in [6.07, 6.45) is 5.69. The van der Waals surface area contributed by atoms with E-state index in [2.05, 4.69) is 27.4 Å². The van der Waals surface area contributed by atoms with Crippen molar-refractivity contribution >= 4 is 0 Å². The minimum atomic E-state index is 0.522. The molecule has 0 aromatic carbocycles. The Labute approximate surface area is 59.0 Å². The zero-order valence-electron chi connectivity index (χ0n) is 6.91. The summed E-state index contributed by atoms with van der Waals surface area (Å²) in [4.78, 5) is 0. The van der Waals surface area contributed by atoms with Gasteiger partial charge in [-0.05, 0) is 18.3 Å². The summed E-state index contributed by atoms with van der Waals surface area (Å²) in [6, 6.07) is 0. The fraction of sp³-hybridized carbons (Fsp3) is 0.778. The van der Waals surface area contributed by atoms with Crippen LogP contribution in [0.3, 0.4) is 0 Å². The smallest absolute Gasteiger partial charge is 0.0348 e. The van der Waals surface area contributed by atoms with Gasteiger partial charge in [0.2, 0.25) is 0 Å². The first-order valence-corrected chi connectivity index (χ1v) is 3.73. The summed E-state index contributed by atoms with van der Waals surface area (Å²) in [5, 5.41) is 0. The molecule has 9 heavy (non-hydrogen) atoms. The van der Waals surface area contributed by atoms with Gasteiger partial charge in [0.15, 0.2) is 0 Å². The van der Waals surface area contributed by atoms with Gasteiger partial charge in [-0.15, -0.1) is 6.58 Å². The van der Waals surface area contributed by atoms with Gasteiger partial charge < -0.3 is 0 Å². The molecule has 0 aromatic rings. The van der Waals surface area contributed by atoms with E-state index in [0.29, 0.717) is 5.41 Å². The van der Waals surface area contributed by atoms with Crippen LogP contribution in [0.25, 0.3) is 0 Å². The molecule has 0 aliphatic rings. The van der Waals surface area contributed by atoms with Gasteiger partial charge in [-0.2, -0.15) is 0 Å². The maximum atomic E-state index is 3.70. The van der Waals surface area contributed by atoms with Gasteiger partial charge in [-0.1, -0.05) is 33.3 Å². The first-order chi connectivity index (χ1) is 4.12. The molecule has 0 aliphatic carbocycles. The van der Waals surface area contributed by atoms with Crippen LogP contribution in [0.4, 0.5) is 0 Å². The minimum Gasteiger partial charge on any atom is -0.103 e. The monoisotopic (exact) mass is 126 g/mol. The molecule has 0 radical (unpaired) electrons. The molecule has 0 heteroatoms. The number of hydrogen-bond acceptors (Lipinski definition) is 0. The highest BCUT2D eigenvalue weighted by Gasteiger charge is 2.12. The van der Waals surface area contributed by atoms with Gasteiger partial charge in [-0.3, -0.25) is 0 Å². The lowest BCUT2D eigenvalue weighted by Crippen LogP contribution is -2.07. The molecule has 0 aliphatic heterocycles. The van der Waals surface area contributed by atoms with E-state index in [1.165, 1.54) is 12.8 Å². The van der Waals surface area contributed by atoms with Crippen LogP contribution in [0.5, 0.6) is 0 Å². The maximum Gasteiger partial charge on any atom is -0.0348 e. The molecule has 0 saturated carbocycles. The van der Waals surface area contributed by atoms with Crippen molar-refractivity contribution in [3.05, 3.63) is 12.7 Å². The average molecular weight is 126 g/mol. The van der Waals surface area contributed by atoms with Gasteiger partial charge in [-0.25, -0.2) is 0 Å². The molecule has 0 rings (SSSR count). The van der Waals surface area contributed by atoms with Gasteiger partial charge in [0.1, 0.15) is 0 Å². The zero-order chi connectivity index (χ0) is 7.33. The third kappa shape index (κ3) is 4.26. The lowest BCUT2D eigenvalue weighted by atomic mass is 9.85. The predicted octanol–water partition coefficient (Wildman–Crippen LogP) is 3.39. The van der Waals surface area contributed by atoms with Crippen molar-refractivity contribution in [3.8, 4) is 0 Å². The minimum absolute atomic E-state index is 0.522. The Bertz CT molecular complexity index is 80.0. The molecule has 0 amide bonds. The van der Waals surface area contributed by atoms with Gasteiger partial charge in [0, 0.05) is 0 Å². The molecule has 0 N–H and O–H groups in total. The van der Waals surface area contributed by atoms with Crippen molar-refractivity contribution < 1.29 is 0 Å². The second-order valence-corrected chi connectivity index (χ2v) is 3.35. The topological polar surface area (TPSA) is 0 Å². The normalized spacial score (nSPS) is 11.4. The van der Waals surface area contributed by atoms with Crippen LogP contribution in [-0.4, -0.2) is 0 Å². The highest BCUT2D eigenvalue weighted by molar-refractivity contribution is 4.73. The molecule has 0 bridgehead atoms. The highest BCUT2D eigenvalue weighted by Crippen LogP contribution is 2.25. The van der Waals surface area contributed by atoms with Crippen LogP contribution in [0.2, 0.25) is 0 Å². The lowest BCUT2D eigenvalue weighted by molar-refractivity contribution is 0.325. The fourth-order valence-electron chi connectivity index (χ4n) is 0.670. The Balaban J connectivity index is 3.44. The highest BCUT2D eigenvalue weighted by atomic mass is 14.2. The maximum absolute atomic E-state index is 3.70. The first kappa shape index (κ1) is 8.74. The van der Waals surface area contributed by atoms with Gasteiger partial charge in [0.05, 0.1) is 0 Å². The van der Waals surface area contributed by atoms with Crippen molar-refractivity contribution in [2.45, 2.75) is 40.0 Å². The van der Waals surface area contributed by atoms with E-state index < -0.39 is 0 Å². The third-order valence-electron chi connectivity index (χ3n) is 1.98. The van der Waals surface area contributed by atoms with E-state index in [9.17, 15) is 0 Å². The molecule has 0 aromatic heterocycles. The Morgan fingerprint density at radius 3 is 2.33 bits per heavy atom. The van der Waals surface area contributed by atoms with Crippen LogP contribution in [0, 0.1) is 5.41 Å². The third-order valence-corrected chi connectivity index (χ3v) is 1.98. The van der Waals surface area contributed by atoms with E-state index in [1.807, 2.05) is 6.08 Å². The van der Waals surface area contributed by atoms with Crippen LogP contribution in [0.1, 0.15) is 40.0 Å². The molecular weight excluding hydrogens is 108 g/mol. The molecule has 0 spiro atoms. The summed E-state index contributed by atoms with van der Waals surface area (Å²) in [7, 11) is 0. The lowest BCUT2D eigenvalue weighted by Gasteiger charge is -2.20. The van der Waals surface area contributed by atoms with E-state index in [1.54, 1.807) is 0 Å². The summed E-state index contributed by atoms with van der Waals surface area (Å²) in [6.45, 7) is 10.5. The molecule has 0 fully saturated rings. The summed E-state index contributed by atoms with van der Waals surface area (Å²) in [5.41, 5.74) is 0.522. The second kappa shape index (κ2) is 3.71. The van der Waals surface area contributed by atoms with Crippen LogP contribution < -0.4 is 0 Å². The van der Waals surface area contributed by atoms with E-state index >= 15 is 0 Å². The number of allylic oxidation sites excluding steroid dienone is 1. The quantitative estimate of drug-likeness (QED) is 0.506. The number of hydrogen-bond donors (Lipinski definition) is 0. The molecule has 0 nitrogen and oxygen atoms in total. The fourth-order valence-corrected chi connectivity index (χ4v) is 0.670. The Kier molecular flexibility index (Phi) is 3.60. The molecule has 0 saturated heterocycles. The first-order valence-electron chi connectivity index (χ1n) is 3.73. The van der Waals surface area contributed by atoms with Crippen molar-refractivity contribution in [3.63, 3.8) is 0 Å². The van der Waals surface area contributed by atoms with Crippen molar-refractivity contribution in [2.24, 2.45) is 5.41 Å². The van der Waals surface area contributed by atoms with E-state index in [4.69, 9.17) is 0 Å². The summed E-state index contributed by atoms with van der Waals surface area (Å²) < 4.78 is 0. The van der Waals surface area contributed by atoms with Crippen molar-refractivity contribution in [2.75, 3.05) is 0 Å². The zero-order valence-corrected chi connectivity index (χ0v) is 6.91. The van der Waals surface area contributed by atoms with E-state index in [0.717, 1.165) is 6.42 Å². The van der Waals surface area contributed by atoms with Crippen LogP contribution >= 0.6 is 0 Å². The Morgan fingerprint density at radius 2 is 2.00 bits per heavy atom. The van der Waals surface area contributed by atoms with E-state index in [-0.39, 0.29) is 0 Å². The Morgan fingerprint density at radius 1 is 1.44 bits per heavy atom. The van der Waals surface area contributed by atoms with Gasteiger partial charge >= 0.3 is 0 Å². The second-order valence-electron chi connectivity index (χ2n) is 3.35. The largest absolute Gasteiger partial charge is 0.103 e. The van der Waals surface area contributed by atoms with Crippen molar-refractivity contribution in [1.82, 2.24) is 0 Å². The van der Waals surface area contributed by atoms with Crippen molar-refractivity contribution in [1.29, 1.82) is 0 Å². The Hall–Kier alpha value is -0.260. The predicted molar refractivity (Wildman–Crippen MR) is 43.5 cm³/mol. The van der Waals surface area contributed by atoms with Crippen LogP contribution in [-0.2, 0) is 0 Å². The molecule has 54 valence electrons. The summed E-state index contributed by atoms with van der Waals surface area (Å²) >= 11 is 0.